The van der Waals surface area contributed by atoms with Crippen LogP contribution in [-0.2, 0) is 31.9 Å². The van der Waals surface area contributed by atoms with Crippen molar-refractivity contribution in [2.24, 2.45) is 0 Å². The Morgan fingerprint density at radius 2 is 1.75 bits per heavy atom. The minimum atomic E-state index is -0.790. The Bertz CT molecular complexity index is 841. The molecule has 5 nitrogen and oxygen atoms in total. The summed E-state index contributed by atoms with van der Waals surface area (Å²) in [6, 6.07) is 14.2. The zero-order valence-corrected chi connectivity index (χ0v) is 20.7. The van der Waals surface area contributed by atoms with Crippen molar-refractivity contribution in [3.63, 3.8) is 0 Å². The van der Waals surface area contributed by atoms with Crippen LogP contribution in [-0.4, -0.2) is 31.1 Å². The van der Waals surface area contributed by atoms with E-state index in [1.165, 1.54) is 5.56 Å². The van der Waals surface area contributed by atoms with Crippen LogP contribution in [0.5, 0.6) is 0 Å². The van der Waals surface area contributed by atoms with Gasteiger partial charge in [-0.1, -0.05) is 56.3 Å². The highest BCUT2D eigenvalue weighted by atomic mass is 16.6. The Hall–Kier alpha value is -2.66. The summed E-state index contributed by atoms with van der Waals surface area (Å²) >= 11 is 0. The SMILES string of the molecule is CC.CCOC(=O)C(OC(C)(C)C)c1ccc(CCNC=O)c(Cc2ccccc2)c1C. The molecule has 1 amide bonds. The number of carbonyl (C=O) groups is 2. The van der Waals surface area contributed by atoms with Crippen molar-refractivity contribution in [1.82, 2.24) is 5.32 Å². The number of nitrogens with one attached hydrogen (secondary N) is 1. The number of carbonyl (C=O) groups excluding carboxylic acids is 2. The van der Waals surface area contributed by atoms with Crippen molar-refractivity contribution in [1.29, 1.82) is 0 Å². The van der Waals surface area contributed by atoms with Gasteiger partial charge >= 0.3 is 5.97 Å². The number of amides is 1. The van der Waals surface area contributed by atoms with E-state index in [1.807, 2.05) is 71.9 Å². The molecule has 0 fully saturated rings. The summed E-state index contributed by atoms with van der Waals surface area (Å²) in [5, 5.41) is 2.73. The molecule has 0 aliphatic rings. The van der Waals surface area contributed by atoms with Gasteiger partial charge in [0.2, 0.25) is 6.41 Å². The minimum Gasteiger partial charge on any atom is -0.464 e. The van der Waals surface area contributed by atoms with Crippen molar-refractivity contribution < 1.29 is 19.1 Å². The largest absolute Gasteiger partial charge is 0.464 e. The lowest BCUT2D eigenvalue weighted by atomic mass is 9.88. The number of hydrogen-bond acceptors (Lipinski definition) is 4. The summed E-state index contributed by atoms with van der Waals surface area (Å²) in [5.41, 5.74) is 4.82. The van der Waals surface area contributed by atoms with E-state index in [2.05, 4.69) is 17.4 Å². The molecule has 1 N–H and O–H groups in total. The van der Waals surface area contributed by atoms with Gasteiger partial charge in [-0.25, -0.2) is 4.79 Å². The Balaban J connectivity index is 0.00000249. The van der Waals surface area contributed by atoms with Crippen molar-refractivity contribution in [3.8, 4) is 0 Å². The summed E-state index contributed by atoms with van der Waals surface area (Å²) < 4.78 is 11.4. The van der Waals surface area contributed by atoms with Gasteiger partial charge < -0.3 is 14.8 Å². The minimum absolute atomic E-state index is 0.300. The zero-order chi connectivity index (χ0) is 24.1. The fraction of sp³-hybridized carbons (Fsp3) is 0.481. The number of rotatable bonds is 10. The molecule has 2 aromatic rings. The molecule has 2 aromatic carbocycles. The van der Waals surface area contributed by atoms with Gasteiger partial charge in [0.15, 0.2) is 6.10 Å². The summed E-state index contributed by atoms with van der Waals surface area (Å²) in [6.07, 6.45) is 1.38. The number of esters is 1. The second kappa shape index (κ2) is 13.7. The maximum Gasteiger partial charge on any atom is 0.339 e. The molecule has 1 unspecified atom stereocenters. The van der Waals surface area contributed by atoms with Crippen LogP contribution in [0.3, 0.4) is 0 Å². The van der Waals surface area contributed by atoms with Gasteiger partial charge in [-0.2, -0.15) is 0 Å². The van der Waals surface area contributed by atoms with E-state index < -0.39 is 11.7 Å². The van der Waals surface area contributed by atoms with Crippen molar-refractivity contribution in [2.45, 2.75) is 73.0 Å². The van der Waals surface area contributed by atoms with E-state index in [0.29, 0.717) is 26.0 Å². The smallest absolute Gasteiger partial charge is 0.339 e. The molecule has 0 aliphatic carbocycles. The predicted octanol–water partition coefficient (Wildman–Crippen LogP) is 5.32. The Kier molecular flexibility index (Phi) is 11.7. The van der Waals surface area contributed by atoms with Gasteiger partial charge in [-0.05, 0) is 75.3 Å². The van der Waals surface area contributed by atoms with Crippen LogP contribution in [0, 0.1) is 6.92 Å². The van der Waals surface area contributed by atoms with Gasteiger partial charge in [-0.15, -0.1) is 0 Å². The van der Waals surface area contributed by atoms with Crippen LogP contribution in [0.15, 0.2) is 42.5 Å². The summed E-state index contributed by atoms with van der Waals surface area (Å²) in [6.45, 7) is 14.5. The van der Waals surface area contributed by atoms with Crippen LogP contribution in [0.4, 0.5) is 0 Å². The second-order valence-corrected chi connectivity index (χ2v) is 8.26. The number of hydrogen-bond donors (Lipinski definition) is 1. The van der Waals surface area contributed by atoms with Crippen LogP contribution in [0.2, 0.25) is 0 Å². The molecule has 0 spiro atoms. The summed E-state index contributed by atoms with van der Waals surface area (Å²) in [7, 11) is 0. The Morgan fingerprint density at radius 3 is 2.31 bits per heavy atom. The van der Waals surface area contributed by atoms with E-state index in [4.69, 9.17) is 9.47 Å². The first-order valence-corrected chi connectivity index (χ1v) is 11.4. The zero-order valence-electron chi connectivity index (χ0n) is 20.7. The molecule has 176 valence electrons. The second-order valence-electron chi connectivity index (χ2n) is 8.26. The van der Waals surface area contributed by atoms with Crippen LogP contribution in [0.25, 0.3) is 0 Å². The Labute approximate surface area is 193 Å². The molecule has 0 radical (unpaired) electrons. The predicted molar refractivity (Wildman–Crippen MR) is 130 cm³/mol. The molecule has 1 atom stereocenters. The monoisotopic (exact) mass is 441 g/mol. The summed E-state index contributed by atoms with van der Waals surface area (Å²) in [5.74, 6) is -0.378. The van der Waals surface area contributed by atoms with Crippen molar-refractivity contribution in [2.75, 3.05) is 13.2 Å². The van der Waals surface area contributed by atoms with E-state index in [0.717, 1.165) is 28.7 Å². The number of benzene rings is 2. The van der Waals surface area contributed by atoms with Crippen LogP contribution in [0.1, 0.15) is 75.5 Å². The molecule has 32 heavy (non-hydrogen) atoms. The highest BCUT2D eigenvalue weighted by Gasteiger charge is 2.30. The molecule has 0 aliphatic heterocycles. The lowest BCUT2D eigenvalue weighted by molar-refractivity contribution is -0.166. The van der Waals surface area contributed by atoms with Crippen LogP contribution < -0.4 is 5.32 Å². The molecule has 0 bridgehead atoms. The third kappa shape index (κ3) is 8.46. The fourth-order valence-electron chi connectivity index (χ4n) is 3.47. The van der Waals surface area contributed by atoms with Gasteiger partial charge in [0, 0.05) is 6.54 Å². The van der Waals surface area contributed by atoms with Crippen molar-refractivity contribution in [3.05, 3.63) is 70.3 Å². The first-order valence-electron chi connectivity index (χ1n) is 11.4. The highest BCUT2D eigenvalue weighted by Crippen LogP contribution is 2.32. The van der Waals surface area contributed by atoms with E-state index in [1.54, 1.807) is 6.92 Å². The molecular weight excluding hydrogens is 402 g/mol. The molecule has 2 rings (SSSR count). The maximum absolute atomic E-state index is 12.7. The summed E-state index contributed by atoms with van der Waals surface area (Å²) in [4.78, 5) is 23.4. The van der Waals surface area contributed by atoms with E-state index in [-0.39, 0.29) is 5.97 Å². The lowest BCUT2D eigenvalue weighted by Gasteiger charge is -2.28. The van der Waals surface area contributed by atoms with Gasteiger partial charge in [-0.3, -0.25) is 4.79 Å². The van der Waals surface area contributed by atoms with E-state index in [9.17, 15) is 9.59 Å². The lowest BCUT2D eigenvalue weighted by Crippen LogP contribution is -2.29. The fourth-order valence-corrected chi connectivity index (χ4v) is 3.47. The molecule has 0 saturated carbocycles. The Morgan fingerprint density at radius 1 is 1.09 bits per heavy atom. The average molecular weight is 442 g/mol. The van der Waals surface area contributed by atoms with E-state index >= 15 is 0 Å². The first kappa shape index (κ1) is 27.4. The maximum atomic E-state index is 12.7. The van der Waals surface area contributed by atoms with Crippen LogP contribution >= 0.6 is 0 Å². The molecule has 5 heteroatoms. The third-order valence-electron chi connectivity index (χ3n) is 4.84. The third-order valence-corrected chi connectivity index (χ3v) is 4.84. The standard InChI is InChI=1S/C25H33NO4.C2H6/c1-6-29-24(28)23(30-25(3,4)5)21-13-12-20(14-15-26-17-27)22(18(21)2)16-19-10-8-7-9-11-19;1-2/h7-13,17,23H,6,14-16H2,1-5H3,(H,26,27);1-2H3. The average Bonchev–Trinajstić information content (AvgIpc) is 2.76. The topological polar surface area (TPSA) is 64.6 Å². The normalized spacial score (nSPS) is 11.7. The molecule has 0 heterocycles. The molecule has 0 aromatic heterocycles. The molecular formula is C27H39NO4. The highest BCUT2D eigenvalue weighted by molar-refractivity contribution is 5.77. The molecule has 0 saturated heterocycles. The van der Waals surface area contributed by atoms with Crippen molar-refractivity contribution >= 4 is 12.4 Å². The van der Waals surface area contributed by atoms with Gasteiger partial charge in [0.25, 0.3) is 0 Å². The number of ether oxygens (including phenoxy) is 2. The van der Waals surface area contributed by atoms with Gasteiger partial charge in [0.05, 0.1) is 12.2 Å². The first-order chi connectivity index (χ1) is 15.3. The quantitative estimate of drug-likeness (QED) is 0.308. The van der Waals surface area contributed by atoms with Gasteiger partial charge in [0.1, 0.15) is 0 Å².